The van der Waals surface area contributed by atoms with Gasteiger partial charge in [-0.3, -0.25) is 4.79 Å². The number of amides is 1. The van der Waals surface area contributed by atoms with Crippen LogP contribution in [0.3, 0.4) is 0 Å². The maximum atomic E-state index is 12.9. The van der Waals surface area contributed by atoms with Gasteiger partial charge < -0.3 is 15.0 Å². The van der Waals surface area contributed by atoms with E-state index in [9.17, 15) is 4.79 Å². The fraction of sp³-hybridized carbons (Fsp3) is 0.182. The van der Waals surface area contributed by atoms with Gasteiger partial charge in [-0.05, 0) is 48.5 Å². The molecule has 7 heteroatoms. The Kier molecular flexibility index (Phi) is 6.34. The number of benzene rings is 2. The number of aromatic nitrogens is 1. The molecule has 1 aliphatic heterocycles. The van der Waals surface area contributed by atoms with Gasteiger partial charge in [0.2, 0.25) is 0 Å². The number of rotatable bonds is 5. The molecule has 3 aromatic rings. The number of carbonyl (C=O) groups excluding carboxylic acids is 1. The van der Waals surface area contributed by atoms with Crippen molar-refractivity contribution in [1.82, 2.24) is 4.98 Å². The van der Waals surface area contributed by atoms with E-state index < -0.39 is 0 Å². The third-order valence-corrected chi connectivity index (χ3v) is 6.10. The van der Waals surface area contributed by atoms with Crippen LogP contribution < -0.4 is 10.2 Å². The number of nitrogens with zero attached hydrogens (tertiary/aromatic N) is 2. The number of pyridine rings is 1. The second-order valence-corrected chi connectivity index (χ2v) is 7.93. The van der Waals surface area contributed by atoms with Gasteiger partial charge >= 0.3 is 0 Å². The van der Waals surface area contributed by atoms with Crippen LogP contribution in [-0.4, -0.2) is 37.2 Å². The number of morpholine rings is 1. The molecule has 2 heterocycles. The van der Waals surface area contributed by atoms with Crippen LogP contribution >= 0.6 is 23.4 Å². The lowest BCUT2D eigenvalue weighted by molar-refractivity contribution is 0.102. The Morgan fingerprint density at radius 1 is 1.03 bits per heavy atom. The van der Waals surface area contributed by atoms with Crippen LogP contribution in [0.4, 0.5) is 11.4 Å². The Morgan fingerprint density at radius 2 is 1.79 bits per heavy atom. The van der Waals surface area contributed by atoms with E-state index in [-0.39, 0.29) is 5.91 Å². The Balaban J connectivity index is 1.48. The molecule has 0 saturated carbocycles. The average molecular weight is 426 g/mol. The zero-order valence-electron chi connectivity index (χ0n) is 15.7. The van der Waals surface area contributed by atoms with Crippen LogP contribution in [0.1, 0.15) is 10.4 Å². The van der Waals surface area contributed by atoms with E-state index in [1.54, 1.807) is 18.3 Å². The first-order chi connectivity index (χ1) is 14.2. The molecular weight excluding hydrogens is 406 g/mol. The number of carbonyl (C=O) groups is 1. The van der Waals surface area contributed by atoms with E-state index in [0.29, 0.717) is 15.6 Å². The average Bonchev–Trinajstić information content (AvgIpc) is 2.77. The minimum atomic E-state index is -0.202. The third kappa shape index (κ3) is 4.90. The van der Waals surface area contributed by atoms with Gasteiger partial charge in [0.25, 0.3) is 5.91 Å². The van der Waals surface area contributed by atoms with Crippen LogP contribution in [-0.2, 0) is 4.74 Å². The van der Waals surface area contributed by atoms with Crippen LogP contribution in [0, 0.1) is 0 Å². The minimum Gasteiger partial charge on any atom is -0.378 e. The maximum absolute atomic E-state index is 12.9. The van der Waals surface area contributed by atoms with Crippen molar-refractivity contribution in [1.29, 1.82) is 0 Å². The predicted octanol–water partition coefficient (Wildman–Crippen LogP) is 4.98. The monoisotopic (exact) mass is 425 g/mol. The Morgan fingerprint density at radius 3 is 2.55 bits per heavy atom. The number of anilines is 2. The standard InChI is InChI=1S/C22H20ClN3O2S/c23-19-5-1-2-6-20(19)29-22-18(4-3-11-24-22)21(27)25-16-7-9-17(10-8-16)26-12-14-28-15-13-26/h1-11H,12-15H2,(H,25,27). The van der Waals surface area contributed by atoms with E-state index >= 15 is 0 Å². The van der Waals surface area contributed by atoms with Gasteiger partial charge in [-0.15, -0.1) is 0 Å². The van der Waals surface area contributed by atoms with Crippen molar-refractivity contribution in [2.24, 2.45) is 0 Å². The summed E-state index contributed by atoms with van der Waals surface area (Å²) in [6.45, 7) is 3.24. The SMILES string of the molecule is O=C(Nc1ccc(N2CCOCC2)cc1)c1cccnc1Sc1ccccc1Cl. The molecule has 2 aromatic carbocycles. The highest BCUT2D eigenvalue weighted by Gasteiger charge is 2.15. The summed E-state index contributed by atoms with van der Waals surface area (Å²) in [6.07, 6.45) is 1.67. The molecule has 148 valence electrons. The summed E-state index contributed by atoms with van der Waals surface area (Å²) in [7, 11) is 0. The molecule has 1 saturated heterocycles. The van der Waals surface area contributed by atoms with E-state index in [0.717, 1.165) is 42.6 Å². The summed E-state index contributed by atoms with van der Waals surface area (Å²) in [5, 5.41) is 4.21. The lowest BCUT2D eigenvalue weighted by Crippen LogP contribution is -2.36. The molecular formula is C22H20ClN3O2S. The highest BCUT2D eigenvalue weighted by atomic mass is 35.5. The van der Waals surface area contributed by atoms with Crippen molar-refractivity contribution in [3.8, 4) is 0 Å². The number of hydrogen-bond donors (Lipinski definition) is 1. The third-order valence-electron chi connectivity index (χ3n) is 4.56. The quantitative estimate of drug-likeness (QED) is 0.625. The summed E-state index contributed by atoms with van der Waals surface area (Å²) in [6, 6.07) is 18.9. The van der Waals surface area contributed by atoms with Gasteiger partial charge in [0.05, 0.1) is 23.8 Å². The van der Waals surface area contributed by atoms with Gasteiger partial charge in [-0.25, -0.2) is 4.98 Å². The fourth-order valence-corrected chi connectivity index (χ4v) is 4.21. The zero-order chi connectivity index (χ0) is 20.1. The Labute approximate surface area is 179 Å². The van der Waals surface area contributed by atoms with Crippen molar-refractivity contribution in [3.05, 3.63) is 77.4 Å². The van der Waals surface area contributed by atoms with Gasteiger partial charge in [0.1, 0.15) is 5.03 Å². The molecule has 0 aliphatic carbocycles. The van der Waals surface area contributed by atoms with E-state index in [4.69, 9.17) is 16.3 Å². The molecule has 1 aromatic heterocycles. The van der Waals surface area contributed by atoms with Gasteiger partial charge in [-0.1, -0.05) is 35.5 Å². The zero-order valence-corrected chi connectivity index (χ0v) is 17.2. The summed E-state index contributed by atoms with van der Waals surface area (Å²) in [5.74, 6) is -0.202. The molecule has 1 fully saturated rings. The molecule has 0 bridgehead atoms. The second-order valence-electron chi connectivity index (χ2n) is 6.49. The molecule has 1 amide bonds. The molecule has 0 spiro atoms. The summed E-state index contributed by atoms with van der Waals surface area (Å²) in [5.41, 5.74) is 2.38. The Hall–Kier alpha value is -2.54. The number of hydrogen-bond acceptors (Lipinski definition) is 5. The molecule has 0 atom stereocenters. The topological polar surface area (TPSA) is 54.5 Å². The molecule has 29 heavy (non-hydrogen) atoms. The van der Waals surface area contributed by atoms with Crippen molar-refractivity contribution in [2.75, 3.05) is 36.5 Å². The van der Waals surface area contributed by atoms with Crippen LogP contribution in [0.15, 0.2) is 76.8 Å². The summed E-state index contributed by atoms with van der Waals surface area (Å²) >= 11 is 7.63. The molecule has 4 rings (SSSR count). The van der Waals surface area contributed by atoms with E-state index in [1.807, 2.05) is 48.5 Å². The lowest BCUT2D eigenvalue weighted by Gasteiger charge is -2.28. The van der Waals surface area contributed by atoms with Crippen LogP contribution in [0.25, 0.3) is 0 Å². The van der Waals surface area contributed by atoms with Crippen molar-refractivity contribution in [2.45, 2.75) is 9.92 Å². The summed E-state index contributed by atoms with van der Waals surface area (Å²) < 4.78 is 5.39. The lowest BCUT2D eigenvalue weighted by atomic mass is 10.2. The first kappa shape index (κ1) is 19.8. The second kappa shape index (κ2) is 9.31. The van der Waals surface area contributed by atoms with Crippen LogP contribution in [0.5, 0.6) is 0 Å². The number of halogens is 1. The first-order valence-electron chi connectivity index (χ1n) is 9.32. The van der Waals surface area contributed by atoms with Crippen LogP contribution in [0.2, 0.25) is 5.02 Å². The molecule has 1 N–H and O–H groups in total. The first-order valence-corrected chi connectivity index (χ1v) is 10.5. The van der Waals surface area contributed by atoms with Gasteiger partial charge in [0.15, 0.2) is 0 Å². The summed E-state index contributed by atoms with van der Waals surface area (Å²) in [4.78, 5) is 20.4. The van der Waals surface area contributed by atoms with E-state index in [2.05, 4.69) is 15.2 Å². The smallest absolute Gasteiger partial charge is 0.258 e. The molecule has 0 unspecified atom stereocenters. The molecule has 5 nitrogen and oxygen atoms in total. The minimum absolute atomic E-state index is 0.202. The maximum Gasteiger partial charge on any atom is 0.258 e. The molecule has 1 aliphatic rings. The van der Waals surface area contributed by atoms with Crippen molar-refractivity contribution >= 4 is 40.6 Å². The normalized spacial score (nSPS) is 13.9. The largest absolute Gasteiger partial charge is 0.378 e. The fourth-order valence-electron chi connectivity index (χ4n) is 3.05. The van der Waals surface area contributed by atoms with E-state index in [1.165, 1.54) is 11.8 Å². The molecule has 0 radical (unpaired) electrons. The predicted molar refractivity (Wildman–Crippen MR) is 117 cm³/mol. The Bertz CT molecular complexity index is 991. The highest BCUT2D eigenvalue weighted by Crippen LogP contribution is 2.33. The number of nitrogens with one attached hydrogen (secondary N) is 1. The van der Waals surface area contributed by atoms with Gasteiger partial charge in [0, 0.05) is 35.6 Å². The van der Waals surface area contributed by atoms with Crippen molar-refractivity contribution < 1.29 is 9.53 Å². The highest BCUT2D eigenvalue weighted by molar-refractivity contribution is 7.99. The van der Waals surface area contributed by atoms with Crippen molar-refractivity contribution in [3.63, 3.8) is 0 Å². The number of ether oxygens (including phenoxy) is 1. The van der Waals surface area contributed by atoms with Gasteiger partial charge in [-0.2, -0.15) is 0 Å².